The lowest BCUT2D eigenvalue weighted by Gasteiger charge is -2.13. The Balaban J connectivity index is 3.03. The van der Waals surface area contributed by atoms with Crippen molar-refractivity contribution in [1.82, 2.24) is 9.88 Å². The predicted molar refractivity (Wildman–Crippen MR) is 60.7 cm³/mol. The van der Waals surface area contributed by atoms with Crippen molar-refractivity contribution in [2.24, 2.45) is 7.05 Å². The molecule has 0 bridgehead atoms. The summed E-state index contributed by atoms with van der Waals surface area (Å²) in [6.45, 7) is 1.82. The van der Waals surface area contributed by atoms with Crippen molar-refractivity contribution < 1.29 is 9.90 Å². The van der Waals surface area contributed by atoms with Crippen LogP contribution in [0.1, 0.15) is 11.4 Å². The third-order valence-electron chi connectivity index (χ3n) is 2.36. The number of carbonyl (C=O) groups is 1. The molecule has 0 aliphatic rings. The van der Waals surface area contributed by atoms with E-state index in [-0.39, 0.29) is 24.1 Å². The van der Waals surface area contributed by atoms with Crippen LogP contribution in [0, 0.1) is 6.92 Å². The smallest absolute Gasteiger partial charge is 0.235 e. The standard InChI is InChI=1S/C10H13ClN2O3/c1-6-3-8(14)10(16)7(13(6)2)5-12-9(15)4-11/h3,16H,4-5H2,1-2H3,(H,12,15). The molecule has 0 aliphatic carbocycles. The van der Waals surface area contributed by atoms with E-state index < -0.39 is 5.43 Å². The fourth-order valence-corrected chi connectivity index (χ4v) is 1.40. The maximum absolute atomic E-state index is 11.3. The molecule has 1 heterocycles. The van der Waals surface area contributed by atoms with Gasteiger partial charge in [0.25, 0.3) is 0 Å². The van der Waals surface area contributed by atoms with Crippen molar-refractivity contribution in [3.8, 4) is 5.75 Å². The van der Waals surface area contributed by atoms with Gasteiger partial charge in [-0.3, -0.25) is 9.59 Å². The van der Waals surface area contributed by atoms with Crippen LogP contribution in [0.3, 0.4) is 0 Å². The van der Waals surface area contributed by atoms with Crippen LogP contribution in [-0.4, -0.2) is 21.5 Å². The molecule has 1 aromatic rings. The fraction of sp³-hybridized carbons (Fsp3) is 0.400. The lowest BCUT2D eigenvalue weighted by atomic mass is 10.2. The number of halogens is 1. The highest BCUT2D eigenvalue weighted by molar-refractivity contribution is 6.27. The van der Waals surface area contributed by atoms with Crippen LogP contribution in [0.5, 0.6) is 5.75 Å². The van der Waals surface area contributed by atoms with E-state index in [2.05, 4.69) is 5.32 Å². The number of nitrogens with zero attached hydrogens (tertiary/aromatic N) is 1. The number of hydrogen-bond acceptors (Lipinski definition) is 3. The number of aromatic hydroxyl groups is 1. The zero-order chi connectivity index (χ0) is 12.3. The maximum Gasteiger partial charge on any atom is 0.235 e. The lowest BCUT2D eigenvalue weighted by Crippen LogP contribution is -2.27. The summed E-state index contributed by atoms with van der Waals surface area (Å²) in [5.74, 6) is -0.849. The molecule has 0 unspecified atom stereocenters. The number of rotatable bonds is 3. The van der Waals surface area contributed by atoms with Crippen molar-refractivity contribution in [1.29, 1.82) is 0 Å². The number of pyridine rings is 1. The first-order valence-electron chi connectivity index (χ1n) is 4.68. The van der Waals surface area contributed by atoms with Gasteiger partial charge in [0.2, 0.25) is 11.3 Å². The van der Waals surface area contributed by atoms with Gasteiger partial charge in [0.15, 0.2) is 5.75 Å². The topological polar surface area (TPSA) is 71.3 Å². The highest BCUT2D eigenvalue weighted by Crippen LogP contribution is 2.12. The van der Waals surface area contributed by atoms with E-state index in [4.69, 9.17) is 11.6 Å². The largest absolute Gasteiger partial charge is 0.503 e. The average molecular weight is 245 g/mol. The molecule has 88 valence electrons. The maximum atomic E-state index is 11.3. The Kier molecular flexibility index (Phi) is 3.95. The summed E-state index contributed by atoms with van der Waals surface area (Å²) in [5.41, 5.74) is 0.618. The minimum absolute atomic E-state index is 0.0742. The predicted octanol–water partition coefficient (Wildman–Crippen LogP) is 0.254. The Morgan fingerprint density at radius 3 is 2.81 bits per heavy atom. The van der Waals surface area contributed by atoms with Gasteiger partial charge < -0.3 is 15.0 Å². The van der Waals surface area contributed by atoms with E-state index in [9.17, 15) is 14.7 Å². The molecular weight excluding hydrogens is 232 g/mol. The number of carbonyl (C=O) groups excluding carboxylic acids is 1. The van der Waals surface area contributed by atoms with Crippen molar-refractivity contribution in [3.63, 3.8) is 0 Å². The van der Waals surface area contributed by atoms with Crippen LogP contribution in [0.2, 0.25) is 0 Å². The van der Waals surface area contributed by atoms with Crippen molar-refractivity contribution >= 4 is 17.5 Å². The van der Waals surface area contributed by atoms with E-state index in [0.29, 0.717) is 11.4 Å². The van der Waals surface area contributed by atoms with Crippen LogP contribution in [0.15, 0.2) is 10.9 Å². The Hall–Kier alpha value is -1.49. The molecule has 1 rings (SSSR count). The van der Waals surface area contributed by atoms with E-state index in [0.717, 1.165) is 0 Å². The number of aromatic nitrogens is 1. The van der Waals surface area contributed by atoms with E-state index in [1.54, 1.807) is 18.5 Å². The molecule has 5 nitrogen and oxygen atoms in total. The Morgan fingerprint density at radius 1 is 1.62 bits per heavy atom. The monoisotopic (exact) mass is 244 g/mol. The van der Waals surface area contributed by atoms with Crippen LogP contribution in [0.4, 0.5) is 0 Å². The quantitative estimate of drug-likeness (QED) is 0.749. The third-order valence-corrected chi connectivity index (χ3v) is 2.60. The Bertz CT molecular complexity index is 468. The fourth-order valence-electron chi connectivity index (χ4n) is 1.30. The Labute approximate surface area is 97.7 Å². The lowest BCUT2D eigenvalue weighted by molar-refractivity contribution is -0.118. The second kappa shape index (κ2) is 5.03. The van der Waals surface area contributed by atoms with Gasteiger partial charge in [-0.15, -0.1) is 11.6 Å². The summed E-state index contributed by atoms with van der Waals surface area (Å²) in [6, 6.07) is 1.34. The summed E-state index contributed by atoms with van der Waals surface area (Å²) in [4.78, 5) is 22.3. The van der Waals surface area contributed by atoms with Crippen molar-refractivity contribution in [3.05, 3.63) is 27.7 Å². The molecule has 6 heteroatoms. The third kappa shape index (κ3) is 2.55. The second-order valence-corrected chi connectivity index (χ2v) is 3.68. The number of hydrogen-bond donors (Lipinski definition) is 2. The Morgan fingerprint density at radius 2 is 2.25 bits per heavy atom. The number of alkyl halides is 1. The number of amides is 1. The molecule has 0 saturated carbocycles. The molecule has 0 saturated heterocycles. The first kappa shape index (κ1) is 12.6. The molecule has 0 atom stereocenters. The summed E-state index contributed by atoms with van der Waals surface area (Å²) >= 11 is 5.32. The highest BCUT2D eigenvalue weighted by Gasteiger charge is 2.11. The molecule has 0 fully saturated rings. The van der Waals surface area contributed by atoms with Crippen LogP contribution < -0.4 is 10.7 Å². The molecule has 1 aromatic heterocycles. The highest BCUT2D eigenvalue weighted by atomic mass is 35.5. The first-order valence-corrected chi connectivity index (χ1v) is 5.22. The van der Waals surface area contributed by atoms with Gasteiger partial charge in [-0.05, 0) is 6.92 Å². The molecule has 1 amide bonds. The van der Waals surface area contributed by atoms with Gasteiger partial charge in [0.1, 0.15) is 5.88 Å². The molecular formula is C10H13ClN2O3. The molecule has 0 spiro atoms. The van der Waals surface area contributed by atoms with Gasteiger partial charge >= 0.3 is 0 Å². The van der Waals surface area contributed by atoms with Crippen molar-refractivity contribution in [2.45, 2.75) is 13.5 Å². The summed E-state index contributed by atoms with van der Waals surface area (Å²) < 4.78 is 1.64. The summed E-state index contributed by atoms with van der Waals surface area (Å²) in [6.07, 6.45) is 0. The minimum atomic E-state index is -0.453. The average Bonchev–Trinajstić information content (AvgIpc) is 2.26. The first-order chi connectivity index (χ1) is 7.47. The molecule has 16 heavy (non-hydrogen) atoms. The van der Waals surface area contributed by atoms with E-state index >= 15 is 0 Å². The molecule has 0 radical (unpaired) electrons. The minimum Gasteiger partial charge on any atom is -0.503 e. The van der Waals surface area contributed by atoms with Crippen LogP contribution in [-0.2, 0) is 18.4 Å². The zero-order valence-corrected chi connectivity index (χ0v) is 9.84. The van der Waals surface area contributed by atoms with E-state index in [1.807, 2.05) is 0 Å². The van der Waals surface area contributed by atoms with Gasteiger partial charge in [-0.2, -0.15) is 0 Å². The summed E-state index contributed by atoms with van der Waals surface area (Å²) in [7, 11) is 1.71. The van der Waals surface area contributed by atoms with Crippen LogP contribution in [0.25, 0.3) is 0 Å². The molecule has 2 N–H and O–H groups in total. The van der Waals surface area contributed by atoms with Gasteiger partial charge in [0.05, 0.1) is 12.2 Å². The normalized spacial score (nSPS) is 10.2. The van der Waals surface area contributed by atoms with Gasteiger partial charge in [-0.1, -0.05) is 0 Å². The summed E-state index contributed by atoms with van der Waals surface area (Å²) in [5, 5.41) is 12.1. The van der Waals surface area contributed by atoms with Gasteiger partial charge in [-0.25, -0.2) is 0 Å². The van der Waals surface area contributed by atoms with Crippen molar-refractivity contribution in [2.75, 3.05) is 5.88 Å². The van der Waals surface area contributed by atoms with E-state index in [1.165, 1.54) is 6.07 Å². The number of nitrogens with one attached hydrogen (secondary N) is 1. The molecule has 0 aliphatic heterocycles. The zero-order valence-electron chi connectivity index (χ0n) is 9.08. The molecule has 0 aromatic carbocycles. The van der Waals surface area contributed by atoms with Crippen LogP contribution >= 0.6 is 11.6 Å². The second-order valence-electron chi connectivity index (χ2n) is 3.41. The van der Waals surface area contributed by atoms with Gasteiger partial charge in [0, 0.05) is 18.8 Å². The number of aryl methyl sites for hydroxylation is 1. The SMILES string of the molecule is Cc1cc(=O)c(O)c(CNC(=O)CCl)n1C.